The lowest BCUT2D eigenvalue weighted by Gasteiger charge is -2.19. The first-order valence-electron chi connectivity index (χ1n) is 6.04. The summed E-state index contributed by atoms with van der Waals surface area (Å²) in [4.78, 5) is 23.8. The third kappa shape index (κ3) is 2.84. The second kappa shape index (κ2) is 5.49. The zero-order chi connectivity index (χ0) is 15.7. The van der Waals surface area contributed by atoms with Gasteiger partial charge in [0, 0.05) is 31.8 Å². The number of hydrazine groups is 1. The fourth-order valence-corrected chi connectivity index (χ4v) is 1.92. The molecule has 0 amide bonds. The van der Waals surface area contributed by atoms with Crippen molar-refractivity contribution in [1.29, 1.82) is 0 Å². The van der Waals surface area contributed by atoms with Crippen molar-refractivity contribution >= 4 is 5.82 Å². The maximum atomic E-state index is 13.7. The highest BCUT2D eigenvalue weighted by atomic mass is 19.1. The van der Waals surface area contributed by atoms with Crippen molar-refractivity contribution in [3.8, 4) is 0 Å². The first-order chi connectivity index (χ1) is 9.81. The Hall–Kier alpha value is -2.48. The molecule has 0 aliphatic carbocycles. The van der Waals surface area contributed by atoms with Crippen LogP contribution in [-0.2, 0) is 13.6 Å². The van der Waals surface area contributed by atoms with Crippen molar-refractivity contribution < 1.29 is 8.78 Å². The predicted octanol–water partition coefficient (Wildman–Crippen LogP) is 0.183. The molecule has 2 rings (SSSR count). The van der Waals surface area contributed by atoms with Crippen LogP contribution in [0.3, 0.4) is 0 Å². The number of nitrogens with zero attached hydrogens (tertiary/aromatic N) is 3. The Morgan fingerprint density at radius 1 is 1.24 bits per heavy atom. The molecule has 0 aliphatic heterocycles. The number of benzene rings is 1. The average molecular weight is 296 g/mol. The van der Waals surface area contributed by atoms with Crippen LogP contribution in [-0.4, -0.2) is 16.2 Å². The molecule has 0 fully saturated rings. The molecular formula is C13H14F2N4O2. The van der Waals surface area contributed by atoms with Crippen molar-refractivity contribution in [1.82, 2.24) is 9.13 Å². The monoisotopic (exact) mass is 296 g/mol. The fraction of sp³-hybridized carbons (Fsp3) is 0.231. The van der Waals surface area contributed by atoms with Gasteiger partial charge >= 0.3 is 5.69 Å². The van der Waals surface area contributed by atoms with E-state index in [0.717, 1.165) is 26.3 Å². The minimum absolute atomic E-state index is 0.111. The van der Waals surface area contributed by atoms with Crippen LogP contribution in [0.15, 0.2) is 33.9 Å². The van der Waals surface area contributed by atoms with Gasteiger partial charge in [0.25, 0.3) is 5.56 Å². The van der Waals surface area contributed by atoms with E-state index in [4.69, 9.17) is 5.84 Å². The zero-order valence-electron chi connectivity index (χ0n) is 11.5. The SMILES string of the molecule is CN(N)c1cc(=O)n(C)c(=O)n1Cc1ccc(F)cc1F. The van der Waals surface area contributed by atoms with Crippen molar-refractivity contribution in [3.05, 3.63) is 62.3 Å². The van der Waals surface area contributed by atoms with Gasteiger partial charge in [0.05, 0.1) is 6.54 Å². The highest BCUT2D eigenvalue weighted by Gasteiger charge is 2.13. The fourth-order valence-electron chi connectivity index (χ4n) is 1.92. The summed E-state index contributed by atoms with van der Waals surface area (Å²) in [5.41, 5.74) is -1.05. The van der Waals surface area contributed by atoms with Crippen LogP contribution in [0.1, 0.15) is 5.56 Å². The lowest BCUT2D eigenvalue weighted by molar-refractivity contribution is 0.557. The molecule has 0 aliphatic rings. The third-order valence-corrected chi connectivity index (χ3v) is 3.08. The van der Waals surface area contributed by atoms with Crippen molar-refractivity contribution in [2.24, 2.45) is 12.9 Å². The minimum atomic E-state index is -0.777. The van der Waals surface area contributed by atoms with Gasteiger partial charge in [-0.05, 0) is 6.07 Å². The van der Waals surface area contributed by atoms with E-state index in [9.17, 15) is 18.4 Å². The van der Waals surface area contributed by atoms with E-state index in [1.165, 1.54) is 26.2 Å². The van der Waals surface area contributed by atoms with Crippen LogP contribution in [0.25, 0.3) is 0 Å². The average Bonchev–Trinajstić information content (AvgIpc) is 2.41. The smallest absolute Gasteiger partial charge is 0.299 e. The first kappa shape index (κ1) is 14.9. The minimum Gasteiger partial charge on any atom is -0.299 e. The summed E-state index contributed by atoms with van der Waals surface area (Å²) in [6.45, 7) is -0.171. The molecule has 1 heterocycles. The molecule has 0 atom stereocenters. The molecule has 1 aromatic carbocycles. The molecule has 0 radical (unpaired) electrons. The molecule has 0 saturated carbocycles. The standard InChI is InChI=1S/C13H14F2N4O2/c1-17-12(20)6-11(18(2)16)19(13(17)21)7-8-3-4-9(14)5-10(8)15/h3-6H,7,16H2,1-2H3. The molecule has 0 saturated heterocycles. The highest BCUT2D eigenvalue weighted by molar-refractivity contribution is 5.36. The van der Waals surface area contributed by atoms with Crippen molar-refractivity contribution in [3.63, 3.8) is 0 Å². The zero-order valence-corrected chi connectivity index (χ0v) is 11.5. The van der Waals surface area contributed by atoms with Gasteiger partial charge < -0.3 is 0 Å². The maximum absolute atomic E-state index is 13.7. The Balaban J connectivity index is 2.60. The molecular weight excluding hydrogens is 282 g/mol. The van der Waals surface area contributed by atoms with Crippen LogP contribution >= 0.6 is 0 Å². The summed E-state index contributed by atoms with van der Waals surface area (Å²) in [6, 6.07) is 4.23. The van der Waals surface area contributed by atoms with Crippen LogP contribution in [0, 0.1) is 11.6 Å². The molecule has 8 heteroatoms. The van der Waals surface area contributed by atoms with Crippen LogP contribution in [0.2, 0.25) is 0 Å². The normalized spacial score (nSPS) is 10.7. The summed E-state index contributed by atoms with van der Waals surface area (Å²) >= 11 is 0. The van der Waals surface area contributed by atoms with Crippen LogP contribution in [0.4, 0.5) is 14.6 Å². The Morgan fingerprint density at radius 3 is 2.48 bits per heavy atom. The third-order valence-electron chi connectivity index (χ3n) is 3.08. The Morgan fingerprint density at radius 2 is 1.90 bits per heavy atom. The Labute approximate surface area is 118 Å². The van der Waals surface area contributed by atoms with Gasteiger partial charge in [0.1, 0.15) is 17.5 Å². The quantitative estimate of drug-likeness (QED) is 0.648. The van der Waals surface area contributed by atoms with Crippen molar-refractivity contribution in [2.75, 3.05) is 12.1 Å². The Kier molecular flexibility index (Phi) is 3.90. The number of halogens is 2. The molecule has 2 aromatic rings. The van der Waals surface area contributed by atoms with E-state index in [2.05, 4.69) is 0 Å². The van der Waals surface area contributed by atoms with E-state index >= 15 is 0 Å². The van der Waals surface area contributed by atoms with E-state index in [1.807, 2.05) is 0 Å². The highest BCUT2D eigenvalue weighted by Crippen LogP contribution is 2.13. The van der Waals surface area contributed by atoms with E-state index in [0.29, 0.717) is 0 Å². The van der Waals surface area contributed by atoms with E-state index in [1.54, 1.807) is 0 Å². The number of anilines is 1. The molecule has 0 spiro atoms. The summed E-state index contributed by atoms with van der Waals surface area (Å²) in [5, 5.41) is 1.09. The number of hydrogen-bond acceptors (Lipinski definition) is 4. The number of aromatic nitrogens is 2. The first-order valence-corrected chi connectivity index (χ1v) is 6.04. The molecule has 1 aromatic heterocycles. The van der Waals surface area contributed by atoms with E-state index < -0.39 is 22.9 Å². The summed E-state index contributed by atoms with van der Waals surface area (Å²) < 4.78 is 28.6. The number of rotatable bonds is 3. The lowest BCUT2D eigenvalue weighted by Crippen LogP contribution is -2.42. The molecule has 112 valence electrons. The van der Waals surface area contributed by atoms with Gasteiger partial charge in [-0.3, -0.25) is 18.9 Å². The maximum Gasteiger partial charge on any atom is 0.332 e. The van der Waals surface area contributed by atoms with Gasteiger partial charge in [-0.25, -0.2) is 19.4 Å². The van der Waals surface area contributed by atoms with Crippen LogP contribution in [0.5, 0.6) is 0 Å². The van der Waals surface area contributed by atoms with Gasteiger partial charge in [0.2, 0.25) is 0 Å². The van der Waals surface area contributed by atoms with Gasteiger partial charge in [-0.1, -0.05) is 6.07 Å². The predicted molar refractivity (Wildman–Crippen MR) is 74.0 cm³/mol. The largest absolute Gasteiger partial charge is 0.332 e. The summed E-state index contributed by atoms with van der Waals surface area (Å²) in [6.07, 6.45) is 0. The molecule has 0 bridgehead atoms. The molecule has 0 unspecified atom stereocenters. The second-order valence-corrected chi connectivity index (χ2v) is 4.62. The summed E-state index contributed by atoms with van der Waals surface area (Å²) in [5.74, 6) is 4.24. The summed E-state index contributed by atoms with van der Waals surface area (Å²) in [7, 11) is 2.76. The number of nitrogens with two attached hydrogens (primary N) is 1. The second-order valence-electron chi connectivity index (χ2n) is 4.62. The molecule has 6 nitrogen and oxygen atoms in total. The van der Waals surface area contributed by atoms with Crippen LogP contribution < -0.4 is 22.1 Å². The van der Waals surface area contributed by atoms with Gasteiger partial charge in [-0.15, -0.1) is 0 Å². The number of hydrogen-bond donors (Lipinski definition) is 1. The van der Waals surface area contributed by atoms with E-state index in [-0.39, 0.29) is 17.9 Å². The van der Waals surface area contributed by atoms with Gasteiger partial charge in [0.15, 0.2) is 0 Å². The Bertz CT molecular complexity index is 796. The lowest BCUT2D eigenvalue weighted by atomic mass is 10.2. The van der Waals surface area contributed by atoms with Gasteiger partial charge in [-0.2, -0.15) is 0 Å². The topological polar surface area (TPSA) is 73.3 Å². The molecule has 21 heavy (non-hydrogen) atoms. The molecule has 2 N–H and O–H groups in total. The van der Waals surface area contributed by atoms with Crippen molar-refractivity contribution in [2.45, 2.75) is 6.54 Å².